The molecule has 4 nitrogen and oxygen atoms in total. The SMILES string of the molecule is CCC1=CC(C)=CC(CC)C1(C)NC1=CC=C(Nc2c(CC)cc(C)cc2CC)C2C(=O)c3ccccc3C(=O)C12. The van der Waals surface area contributed by atoms with Gasteiger partial charge in [-0.2, -0.15) is 0 Å². The van der Waals surface area contributed by atoms with Crippen LogP contribution in [0.3, 0.4) is 0 Å². The zero-order chi connectivity index (χ0) is 29.5. The molecule has 0 radical (unpaired) electrons. The third-order valence-corrected chi connectivity index (χ3v) is 9.45. The van der Waals surface area contributed by atoms with Gasteiger partial charge in [-0.3, -0.25) is 9.59 Å². The number of benzene rings is 2. The molecule has 3 aliphatic rings. The fourth-order valence-electron chi connectivity index (χ4n) is 7.29. The van der Waals surface area contributed by atoms with Gasteiger partial charge >= 0.3 is 0 Å². The Morgan fingerprint density at radius 3 is 1.90 bits per heavy atom. The van der Waals surface area contributed by atoms with Crippen LogP contribution < -0.4 is 10.6 Å². The lowest BCUT2D eigenvalue weighted by Crippen LogP contribution is -2.54. The van der Waals surface area contributed by atoms with Crippen molar-refractivity contribution in [2.45, 2.75) is 79.7 Å². The molecular weight excluding hydrogens is 504 g/mol. The Hall–Kier alpha value is -3.66. The summed E-state index contributed by atoms with van der Waals surface area (Å²) in [5.41, 5.74) is 9.68. The van der Waals surface area contributed by atoms with E-state index < -0.39 is 11.8 Å². The standard InChI is InChI=1S/C37H44N2O2/c1-8-24-18-22(5)19-25(9-2)34(24)38-30-16-17-31(39-37(7)26(10-3)20-23(6)21-27(37)11-4)33-32(30)35(40)28-14-12-13-15-29(28)36(33)41/h12-21,26,32-33,38-39H,8-11H2,1-7H3. The van der Waals surface area contributed by atoms with Crippen LogP contribution in [0, 0.1) is 24.7 Å². The zero-order valence-electron chi connectivity index (χ0n) is 25.7. The topological polar surface area (TPSA) is 58.2 Å². The lowest BCUT2D eigenvalue weighted by molar-refractivity contribution is 0.0776. The third kappa shape index (κ3) is 4.92. The Balaban J connectivity index is 1.64. The van der Waals surface area contributed by atoms with Crippen LogP contribution in [-0.2, 0) is 12.8 Å². The summed E-state index contributed by atoms with van der Waals surface area (Å²) in [6.07, 6.45) is 12.4. The van der Waals surface area contributed by atoms with Crippen molar-refractivity contribution < 1.29 is 9.59 Å². The predicted octanol–water partition coefficient (Wildman–Crippen LogP) is 8.30. The molecule has 2 aromatic rings. The summed E-state index contributed by atoms with van der Waals surface area (Å²) >= 11 is 0. The second-order valence-electron chi connectivity index (χ2n) is 12.0. The van der Waals surface area contributed by atoms with E-state index in [-0.39, 0.29) is 23.0 Å². The highest BCUT2D eigenvalue weighted by molar-refractivity contribution is 6.18. The second-order valence-corrected chi connectivity index (χ2v) is 12.0. The summed E-state index contributed by atoms with van der Waals surface area (Å²) in [6, 6.07) is 11.8. The molecule has 0 aliphatic heterocycles. The van der Waals surface area contributed by atoms with E-state index in [9.17, 15) is 9.59 Å². The highest BCUT2D eigenvalue weighted by atomic mass is 16.1. The van der Waals surface area contributed by atoms with Crippen LogP contribution >= 0.6 is 0 Å². The van der Waals surface area contributed by atoms with Gasteiger partial charge in [0, 0.05) is 34.1 Å². The minimum absolute atomic E-state index is 0.00222. The number of Topliss-reactive ketones (excluding diaryl/α,β-unsaturated/α-hetero) is 2. The lowest BCUT2D eigenvalue weighted by Gasteiger charge is -2.46. The fourth-order valence-corrected chi connectivity index (χ4v) is 7.29. The molecule has 41 heavy (non-hydrogen) atoms. The van der Waals surface area contributed by atoms with Gasteiger partial charge in [0.15, 0.2) is 11.6 Å². The molecule has 5 rings (SSSR count). The molecule has 2 aromatic carbocycles. The van der Waals surface area contributed by atoms with E-state index in [0.717, 1.165) is 42.8 Å². The number of carbonyl (C=O) groups excluding carboxylic acids is 2. The summed E-state index contributed by atoms with van der Waals surface area (Å²) in [7, 11) is 0. The summed E-state index contributed by atoms with van der Waals surface area (Å²) in [6.45, 7) is 15.3. The third-order valence-electron chi connectivity index (χ3n) is 9.45. The monoisotopic (exact) mass is 548 g/mol. The van der Waals surface area contributed by atoms with Crippen molar-refractivity contribution in [3.05, 3.63) is 111 Å². The van der Waals surface area contributed by atoms with Crippen molar-refractivity contribution in [2.24, 2.45) is 17.8 Å². The molecule has 0 saturated carbocycles. The Bertz CT molecular complexity index is 1500. The maximum atomic E-state index is 14.3. The highest BCUT2D eigenvalue weighted by Crippen LogP contribution is 2.44. The Labute approximate surface area is 245 Å². The van der Waals surface area contributed by atoms with E-state index >= 15 is 0 Å². The molecule has 0 fully saturated rings. The van der Waals surface area contributed by atoms with E-state index in [1.807, 2.05) is 24.3 Å². The lowest BCUT2D eigenvalue weighted by atomic mass is 9.67. The van der Waals surface area contributed by atoms with Gasteiger partial charge in [0.1, 0.15) is 0 Å². The smallest absolute Gasteiger partial charge is 0.173 e. The molecule has 214 valence electrons. The summed E-state index contributed by atoms with van der Waals surface area (Å²) in [4.78, 5) is 28.5. The molecule has 0 spiro atoms. The van der Waals surface area contributed by atoms with Crippen LogP contribution in [0.5, 0.6) is 0 Å². The Kier molecular flexibility index (Phi) is 7.96. The zero-order valence-corrected chi connectivity index (χ0v) is 25.7. The number of hydrogen-bond acceptors (Lipinski definition) is 4. The van der Waals surface area contributed by atoms with Crippen molar-refractivity contribution in [3.63, 3.8) is 0 Å². The van der Waals surface area contributed by atoms with Crippen molar-refractivity contribution in [1.82, 2.24) is 5.32 Å². The van der Waals surface area contributed by atoms with Crippen molar-refractivity contribution in [1.29, 1.82) is 0 Å². The number of hydrogen-bond donors (Lipinski definition) is 2. The van der Waals surface area contributed by atoms with Crippen molar-refractivity contribution in [2.75, 3.05) is 5.32 Å². The summed E-state index contributed by atoms with van der Waals surface area (Å²) in [5, 5.41) is 7.58. The van der Waals surface area contributed by atoms with E-state index in [4.69, 9.17) is 0 Å². The quantitative estimate of drug-likeness (QED) is 0.348. The number of ketones is 2. The van der Waals surface area contributed by atoms with Crippen molar-refractivity contribution in [3.8, 4) is 0 Å². The van der Waals surface area contributed by atoms with Gasteiger partial charge in [0.2, 0.25) is 0 Å². The second kappa shape index (κ2) is 11.3. The van der Waals surface area contributed by atoms with Gasteiger partial charge in [-0.25, -0.2) is 0 Å². The van der Waals surface area contributed by atoms with Crippen LogP contribution in [0.4, 0.5) is 5.69 Å². The number of carbonyl (C=O) groups is 2. The molecular formula is C37H44N2O2. The number of nitrogens with one attached hydrogen (secondary N) is 2. The predicted molar refractivity (Wildman–Crippen MR) is 169 cm³/mol. The normalized spacial score (nSPS) is 25.4. The Morgan fingerprint density at radius 1 is 0.805 bits per heavy atom. The van der Waals surface area contributed by atoms with Gasteiger partial charge in [0.25, 0.3) is 0 Å². The first-order chi connectivity index (χ1) is 19.7. The molecule has 3 aliphatic carbocycles. The van der Waals surface area contributed by atoms with Gasteiger partial charge in [0.05, 0.1) is 17.4 Å². The minimum Gasteiger partial charge on any atom is -0.378 e. The van der Waals surface area contributed by atoms with Crippen LogP contribution in [-0.4, -0.2) is 17.1 Å². The molecule has 4 atom stereocenters. The summed E-state index contributed by atoms with van der Waals surface area (Å²) in [5.74, 6) is -0.932. The molecule has 4 unspecified atom stereocenters. The number of allylic oxidation sites excluding steroid dienone is 6. The van der Waals surface area contributed by atoms with Gasteiger partial charge in [-0.1, -0.05) is 87.4 Å². The average molecular weight is 549 g/mol. The van der Waals surface area contributed by atoms with Crippen molar-refractivity contribution >= 4 is 17.3 Å². The van der Waals surface area contributed by atoms with Crippen LogP contribution in [0.2, 0.25) is 0 Å². The average Bonchev–Trinajstić information content (AvgIpc) is 2.97. The molecule has 4 heteroatoms. The number of fused-ring (bicyclic) bond motifs is 2. The molecule has 0 bridgehead atoms. The van der Waals surface area contributed by atoms with Gasteiger partial charge < -0.3 is 10.6 Å². The molecule has 0 amide bonds. The highest BCUT2D eigenvalue weighted by Gasteiger charge is 2.48. The molecule has 2 N–H and O–H groups in total. The first-order valence-electron chi connectivity index (χ1n) is 15.3. The molecule has 0 saturated heterocycles. The minimum atomic E-state index is -0.612. The fraction of sp³-hybridized carbons (Fsp3) is 0.405. The maximum Gasteiger partial charge on any atom is 0.173 e. The van der Waals surface area contributed by atoms with Crippen LogP contribution in [0.25, 0.3) is 0 Å². The summed E-state index contributed by atoms with van der Waals surface area (Å²) < 4.78 is 0. The number of rotatable bonds is 8. The van der Waals surface area contributed by atoms with Crippen LogP contribution in [0.1, 0.15) is 91.8 Å². The first kappa shape index (κ1) is 28.9. The first-order valence-corrected chi connectivity index (χ1v) is 15.3. The van der Waals surface area contributed by atoms with E-state index in [1.165, 1.54) is 27.8 Å². The molecule has 0 aromatic heterocycles. The van der Waals surface area contributed by atoms with E-state index in [1.54, 1.807) is 12.1 Å². The Morgan fingerprint density at radius 2 is 1.37 bits per heavy atom. The van der Waals surface area contributed by atoms with E-state index in [2.05, 4.69) is 83.4 Å². The number of aryl methyl sites for hydroxylation is 3. The van der Waals surface area contributed by atoms with Gasteiger partial charge in [-0.15, -0.1) is 0 Å². The van der Waals surface area contributed by atoms with Gasteiger partial charge in [-0.05, 0) is 75.3 Å². The van der Waals surface area contributed by atoms with Crippen LogP contribution in [0.15, 0.2) is 83.2 Å². The molecule has 0 heterocycles. The maximum absolute atomic E-state index is 14.3. The largest absolute Gasteiger partial charge is 0.378 e. The van der Waals surface area contributed by atoms with E-state index in [0.29, 0.717) is 11.1 Å². The number of anilines is 1.